The summed E-state index contributed by atoms with van der Waals surface area (Å²) < 4.78 is 4.97. The summed E-state index contributed by atoms with van der Waals surface area (Å²) in [6.45, 7) is 3.11. The summed E-state index contributed by atoms with van der Waals surface area (Å²) in [6.07, 6.45) is 0.879. The first-order valence-electron chi connectivity index (χ1n) is 8.75. The van der Waals surface area contributed by atoms with Crippen LogP contribution in [0.2, 0.25) is 0 Å². The smallest absolute Gasteiger partial charge is 0.409 e. The van der Waals surface area contributed by atoms with Crippen LogP contribution < -0.4 is 5.43 Å². The molecule has 0 bridgehead atoms. The number of nitrogens with one attached hydrogen (secondary N) is 1. The Morgan fingerprint density at radius 1 is 1.22 bits per heavy atom. The molecule has 0 unspecified atom stereocenters. The molecule has 0 atom stereocenters. The van der Waals surface area contributed by atoms with Crippen LogP contribution in [0.25, 0.3) is 11.4 Å². The van der Waals surface area contributed by atoms with E-state index in [1.165, 1.54) is 4.80 Å². The van der Waals surface area contributed by atoms with Gasteiger partial charge < -0.3 is 9.64 Å². The number of hydrogen-bond donors (Lipinski definition) is 1. The van der Waals surface area contributed by atoms with Gasteiger partial charge in [0, 0.05) is 37.2 Å². The van der Waals surface area contributed by atoms with Gasteiger partial charge in [-0.25, -0.2) is 10.2 Å². The molecule has 3 rings (SSSR count). The second kappa shape index (κ2) is 8.88. The topological polar surface area (TPSA) is 115 Å². The highest BCUT2D eigenvalue weighted by Crippen LogP contribution is 2.11. The Labute approximate surface area is 156 Å². The normalized spacial score (nSPS) is 14.0. The third-order valence-electron chi connectivity index (χ3n) is 3.98. The molecule has 0 saturated carbocycles. The molecule has 0 spiro atoms. The summed E-state index contributed by atoms with van der Waals surface area (Å²) in [5.74, 6) is 0.119. The van der Waals surface area contributed by atoms with E-state index in [1.54, 1.807) is 11.8 Å². The monoisotopic (exact) mass is 371 g/mol. The van der Waals surface area contributed by atoms with Crippen molar-refractivity contribution in [3.63, 3.8) is 0 Å². The Balaban J connectivity index is 1.47. The molecular formula is C17H21N7O3. The van der Waals surface area contributed by atoms with Crippen molar-refractivity contribution in [3.8, 4) is 11.4 Å². The van der Waals surface area contributed by atoms with Gasteiger partial charge in [0.05, 0.1) is 6.61 Å². The standard InChI is InChI=1S/C17H21N7O3/c1-2-27-17(26)23-10-8-14(9-11-23)18-19-15(25)12-24-21-16(20-22-24)13-6-4-3-5-7-13/h3-7H,2,8-12H2,1H3,(H,19,25). The molecule has 1 saturated heterocycles. The fraction of sp³-hybridized carbons (Fsp3) is 0.412. The number of ether oxygens (including phenoxy) is 1. The van der Waals surface area contributed by atoms with Crippen molar-refractivity contribution in [2.45, 2.75) is 26.3 Å². The third-order valence-corrected chi connectivity index (χ3v) is 3.98. The van der Waals surface area contributed by atoms with Crippen LogP contribution in [-0.4, -0.2) is 62.5 Å². The van der Waals surface area contributed by atoms with Gasteiger partial charge in [-0.15, -0.1) is 10.2 Å². The molecule has 2 aromatic rings. The minimum Gasteiger partial charge on any atom is -0.450 e. The second-order valence-corrected chi connectivity index (χ2v) is 5.91. The van der Waals surface area contributed by atoms with E-state index in [9.17, 15) is 9.59 Å². The van der Waals surface area contributed by atoms with Crippen LogP contribution in [-0.2, 0) is 16.1 Å². The average Bonchev–Trinajstić information content (AvgIpc) is 3.16. The van der Waals surface area contributed by atoms with Crippen molar-refractivity contribution in [1.29, 1.82) is 0 Å². The first-order valence-corrected chi connectivity index (χ1v) is 8.75. The maximum absolute atomic E-state index is 12.0. The van der Waals surface area contributed by atoms with Crippen LogP contribution in [0, 0.1) is 0 Å². The number of likely N-dealkylation sites (tertiary alicyclic amines) is 1. The van der Waals surface area contributed by atoms with Crippen LogP contribution in [0.4, 0.5) is 4.79 Å². The number of nitrogens with zero attached hydrogens (tertiary/aromatic N) is 6. The van der Waals surface area contributed by atoms with Crippen molar-refractivity contribution in [3.05, 3.63) is 30.3 Å². The quantitative estimate of drug-likeness (QED) is 0.786. The van der Waals surface area contributed by atoms with Gasteiger partial charge in [0.2, 0.25) is 5.82 Å². The maximum atomic E-state index is 12.0. The Morgan fingerprint density at radius 3 is 2.67 bits per heavy atom. The number of piperidine rings is 1. The van der Waals surface area contributed by atoms with E-state index in [1.807, 2.05) is 30.3 Å². The lowest BCUT2D eigenvalue weighted by Crippen LogP contribution is -2.39. The summed E-state index contributed by atoms with van der Waals surface area (Å²) in [5.41, 5.74) is 4.17. The van der Waals surface area contributed by atoms with Gasteiger partial charge in [-0.2, -0.15) is 9.90 Å². The van der Waals surface area contributed by atoms with E-state index in [2.05, 4.69) is 25.9 Å². The van der Waals surface area contributed by atoms with Crippen LogP contribution in [0.3, 0.4) is 0 Å². The number of tetrazole rings is 1. The molecular weight excluding hydrogens is 350 g/mol. The van der Waals surface area contributed by atoms with Gasteiger partial charge in [0.25, 0.3) is 5.91 Å². The van der Waals surface area contributed by atoms with Gasteiger partial charge in [-0.05, 0) is 12.1 Å². The van der Waals surface area contributed by atoms with E-state index in [-0.39, 0.29) is 18.5 Å². The van der Waals surface area contributed by atoms with Crippen molar-refractivity contribution >= 4 is 17.7 Å². The average molecular weight is 371 g/mol. The number of hydrazone groups is 1. The van der Waals surface area contributed by atoms with Gasteiger partial charge in [0.1, 0.15) is 6.54 Å². The van der Waals surface area contributed by atoms with Crippen LogP contribution >= 0.6 is 0 Å². The van der Waals surface area contributed by atoms with E-state index in [4.69, 9.17) is 4.74 Å². The molecule has 1 aliphatic heterocycles. The van der Waals surface area contributed by atoms with E-state index in [0.29, 0.717) is 38.4 Å². The summed E-state index contributed by atoms with van der Waals surface area (Å²) in [5, 5.41) is 16.2. The van der Waals surface area contributed by atoms with Gasteiger partial charge in [0.15, 0.2) is 0 Å². The molecule has 1 aromatic heterocycles. The zero-order valence-corrected chi connectivity index (χ0v) is 15.0. The lowest BCUT2D eigenvalue weighted by molar-refractivity contribution is -0.122. The zero-order valence-electron chi connectivity index (χ0n) is 15.0. The molecule has 1 fully saturated rings. The maximum Gasteiger partial charge on any atom is 0.409 e. The van der Waals surface area contributed by atoms with Crippen molar-refractivity contribution in [1.82, 2.24) is 30.5 Å². The minimum absolute atomic E-state index is 0.0778. The molecule has 142 valence electrons. The number of carbonyl (C=O) groups is 2. The summed E-state index contributed by atoms with van der Waals surface area (Å²) >= 11 is 0. The number of amides is 2. The number of aromatic nitrogens is 4. The molecule has 0 radical (unpaired) electrons. The van der Waals surface area contributed by atoms with Crippen molar-refractivity contribution < 1.29 is 14.3 Å². The summed E-state index contributed by atoms with van der Waals surface area (Å²) in [4.78, 5) is 26.5. The fourth-order valence-electron chi connectivity index (χ4n) is 2.59. The second-order valence-electron chi connectivity index (χ2n) is 5.91. The van der Waals surface area contributed by atoms with E-state index < -0.39 is 0 Å². The van der Waals surface area contributed by atoms with Gasteiger partial charge in [-0.3, -0.25) is 4.79 Å². The molecule has 1 aromatic carbocycles. The Morgan fingerprint density at radius 2 is 1.96 bits per heavy atom. The highest BCUT2D eigenvalue weighted by molar-refractivity contribution is 5.88. The first-order chi connectivity index (χ1) is 13.2. The molecule has 2 heterocycles. The molecule has 2 amide bonds. The Kier molecular flexibility index (Phi) is 6.08. The van der Waals surface area contributed by atoms with E-state index in [0.717, 1.165) is 11.3 Å². The van der Waals surface area contributed by atoms with Gasteiger partial charge in [-0.1, -0.05) is 30.3 Å². The number of carbonyl (C=O) groups excluding carboxylic acids is 2. The lowest BCUT2D eigenvalue weighted by Gasteiger charge is -2.26. The third kappa shape index (κ3) is 5.09. The summed E-state index contributed by atoms with van der Waals surface area (Å²) in [7, 11) is 0. The lowest BCUT2D eigenvalue weighted by atomic mass is 10.1. The molecule has 10 heteroatoms. The Hall–Kier alpha value is -3.30. The molecule has 0 aliphatic carbocycles. The van der Waals surface area contributed by atoms with Gasteiger partial charge >= 0.3 is 6.09 Å². The SMILES string of the molecule is CCOC(=O)N1CCC(=NNC(=O)Cn2nnc(-c3ccccc3)n2)CC1. The van der Waals surface area contributed by atoms with E-state index >= 15 is 0 Å². The fourth-order valence-corrected chi connectivity index (χ4v) is 2.59. The summed E-state index contributed by atoms with van der Waals surface area (Å²) in [6, 6.07) is 9.40. The van der Waals surface area contributed by atoms with Crippen LogP contribution in [0.15, 0.2) is 35.4 Å². The van der Waals surface area contributed by atoms with Crippen molar-refractivity contribution in [2.24, 2.45) is 5.10 Å². The minimum atomic E-state index is -0.340. The molecule has 27 heavy (non-hydrogen) atoms. The zero-order chi connectivity index (χ0) is 19.1. The number of benzene rings is 1. The predicted molar refractivity (Wildman–Crippen MR) is 96.7 cm³/mol. The highest BCUT2D eigenvalue weighted by atomic mass is 16.6. The molecule has 10 nitrogen and oxygen atoms in total. The number of rotatable bonds is 5. The predicted octanol–water partition coefficient (Wildman–Crippen LogP) is 1.06. The Bertz CT molecular complexity index is 809. The number of hydrogen-bond acceptors (Lipinski definition) is 7. The van der Waals surface area contributed by atoms with Crippen LogP contribution in [0.5, 0.6) is 0 Å². The molecule has 1 aliphatic rings. The van der Waals surface area contributed by atoms with Crippen molar-refractivity contribution in [2.75, 3.05) is 19.7 Å². The largest absolute Gasteiger partial charge is 0.450 e. The molecule has 1 N–H and O–H groups in total. The van der Waals surface area contributed by atoms with Crippen LogP contribution in [0.1, 0.15) is 19.8 Å². The first kappa shape index (κ1) is 18.5. The highest BCUT2D eigenvalue weighted by Gasteiger charge is 2.20.